The molecular formula is C19H13BrCl2N2O2. The van der Waals surface area contributed by atoms with Crippen molar-refractivity contribution in [1.82, 2.24) is 5.43 Å². The summed E-state index contributed by atoms with van der Waals surface area (Å²) >= 11 is 15.6. The predicted octanol–water partition coefficient (Wildman–Crippen LogP) is 5.44. The van der Waals surface area contributed by atoms with Gasteiger partial charge in [0.05, 0.1) is 20.7 Å². The molecule has 0 fully saturated rings. The molecule has 0 unspecified atom stereocenters. The van der Waals surface area contributed by atoms with Crippen molar-refractivity contribution in [2.75, 3.05) is 6.61 Å². The summed E-state index contributed by atoms with van der Waals surface area (Å²) in [4.78, 5) is 11.9. The number of carbonyl (C=O) groups is 1. The van der Waals surface area contributed by atoms with Crippen molar-refractivity contribution in [2.24, 2.45) is 5.10 Å². The van der Waals surface area contributed by atoms with Crippen LogP contribution in [0.5, 0.6) is 5.75 Å². The van der Waals surface area contributed by atoms with Gasteiger partial charge in [-0.15, -0.1) is 0 Å². The van der Waals surface area contributed by atoms with E-state index in [4.69, 9.17) is 27.9 Å². The fourth-order valence-corrected chi connectivity index (χ4v) is 3.41. The van der Waals surface area contributed by atoms with Gasteiger partial charge in [0.15, 0.2) is 6.61 Å². The Morgan fingerprint density at radius 1 is 1.08 bits per heavy atom. The lowest BCUT2D eigenvalue weighted by molar-refractivity contribution is -0.123. The van der Waals surface area contributed by atoms with E-state index in [2.05, 4.69) is 26.5 Å². The zero-order chi connectivity index (χ0) is 18.5. The molecule has 1 N–H and O–H groups in total. The summed E-state index contributed by atoms with van der Waals surface area (Å²) in [7, 11) is 0. The van der Waals surface area contributed by atoms with E-state index in [1.54, 1.807) is 18.2 Å². The summed E-state index contributed by atoms with van der Waals surface area (Å²) in [5.41, 5.74) is 2.92. The van der Waals surface area contributed by atoms with Crippen molar-refractivity contribution >= 4 is 62.0 Å². The maximum Gasteiger partial charge on any atom is 0.277 e. The molecule has 0 heterocycles. The van der Waals surface area contributed by atoms with Crippen LogP contribution < -0.4 is 10.2 Å². The van der Waals surface area contributed by atoms with Gasteiger partial charge < -0.3 is 4.74 Å². The van der Waals surface area contributed by atoms with Crippen molar-refractivity contribution in [3.63, 3.8) is 0 Å². The van der Waals surface area contributed by atoms with Crippen molar-refractivity contribution < 1.29 is 9.53 Å². The number of rotatable bonds is 5. The Balaban J connectivity index is 1.61. The maximum absolute atomic E-state index is 11.9. The van der Waals surface area contributed by atoms with E-state index in [1.165, 1.54) is 6.21 Å². The molecule has 0 bridgehead atoms. The number of fused-ring (bicyclic) bond motifs is 1. The minimum absolute atomic E-state index is 0.176. The van der Waals surface area contributed by atoms with Gasteiger partial charge in [0.25, 0.3) is 5.91 Å². The fourth-order valence-electron chi connectivity index (χ4n) is 2.30. The minimum Gasteiger partial charge on any atom is -0.483 e. The van der Waals surface area contributed by atoms with Crippen LogP contribution in [0.25, 0.3) is 10.8 Å². The van der Waals surface area contributed by atoms with Crippen LogP contribution in [0.15, 0.2) is 64.2 Å². The molecule has 0 aliphatic rings. The minimum atomic E-state index is -0.399. The monoisotopic (exact) mass is 450 g/mol. The van der Waals surface area contributed by atoms with Crippen molar-refractivity contribution in [3.8, 4) is 5.75 Å². The number of hydrogen-bond donors (Lipinski definition) is 1. The highest BCUT2D eigenvalue weighted by Crippen LogP contribution is 2.32. The third kappa shape index (κ3) is 4.36. The Morgan fingerprint density at radius 3 is 2.58 bits per heavy atom. The van der Waals surface area contributed by atoms with Gasteiger partial charge in [-0.25, -0.2) is 5.43 Å². The molecule has 0 aliphatic heterocycles. The van der Waals surface area contributed by atoms with Crippen LogP contribution in [0.1, 0.15) is 5.56 Å². The number of amides is 1. The highest BCUT2D eigenvalue weighted by atomic mass is 79.9. The normalized spacial score (nSPS) is 11.0. The third-order valence-electron chi connectivity index (χ3n) is 3.57. The molecule has 0 spiro atoms. The Kier molecular flexibility index (Phi) is 6.14. The van der Waals surface area contributed by atoms with Gasteiger partial charge in [-0.1, -0.05) is 59.6 Å². The second-order valence-corrected chi connectivity index (χ2v) is 6.92. The number of ether oxygens (including phenoxy) is 1. The number of nitrogens with zero attached hydrogens (tertiary/aromatic N) is 1. The fraction of sp³-hybridized carbons (Fsp3) is 0.0526. The molecule has 3 aromatic carbocycles. The van der Waals surface area contributed by atoms with E-state index < -0.39 is 5.91 Å². The van der Waals surface area contributed by atoms with E-state index in [0.717, 1.165) is 15.2 Å². The standard InChI is InChI=1S/C19H13BrCl2N2O2/c20-19-13-5-2-1-4-12(13)8-9-17(19)26-11-18(25)24-23-10-14-15(21)6-3-7-16(14)22/h1-10H,11H2,(H,24,25)/b23-10-. The summed E-state index contributed by atoms with van der Waals surface area (Å²) in [5, 5.41) is 6.86. The van der Waals surface area contributed by atoms with E-state index in [-0.39, 0.29) is 6.61 Å². The topological polar surface area (TPSA) is 50.7 Å². The van der Waals surface area contributed by atoms with Crippen molar-refractivity contribution in [2.45, 2.75) is 0 Å². The molecule has 3 rings (SSSR count). The first-order valence-corrected chi connectivity index (χ1v) is 9.17. The number of hydrogen-bond acceptors (Lipinski definition) is 3. The zero-order valence-electron chi connectivity index (χ0n) is 13.4. The lowest BCUT2D eigenvalue weighted by atomic mass is 10.1. The molecule has 0 aromatic heterocycles. The summed E-state index contributed by atoms with van der Waals surface area (Å²) in [5.74, 6) is 0.182. The van der Waals surface area contributed by atoms with Gasteiger partial charge in [-0.3, -0.25) is 4.79 Å². The average molecular weight is 452 g/mol. The molecule has 3 aromatic rings. The molecule has 0 saturated heterocycles. The van der Waals surface area contributed by atoms with Crippen LogP contribution in [0.4, 0.5) is 0 Å². The first kappa shape index (κ1) is 18.7. The number of halogens is 3. The molecule has 7 heteroatoms. The molecule has 0 atom stereocenters. The average Bonchev–Trinajstić information content (AvgIpc) is 2.64. The number of nitrogens with one attached hydrogen (secondary N) is 1. The second kappa shape index (κ2) is 8.54. The van der Waals surface area contributed by atoms with Crippen molar-refractivity contribution in [1.29, 1.82) is 0 Å². The summed E-state index contributed by atoms with van der Waals surface area (Å²) in [6.45, 7) is -0.176. The number of carbonyl (C=O) groups excluding carboxylic acids is 1. The Bertz CT molecular complexity index is 972. The summed E-state index contributed by atoms with van der Waals surface area (Å²) in [6.07, 6.45) is 1.40. The predicted molar refractivity (Wildman–Crippen MR) is 109 cm³/mol. The third-order valence-corrected chi connectivity index (χ3v) is 5.05. The molecule has 4 nitrogen and oxygen atoms in total. The molecule has 0 aliphatic carbocycles. The summed E-state index contributed by atoms with van der Waals surface area (Å²) in [6, 6.07) is 16.8. The van der Waals surface area contributed by atoms with Crippen LogP contribution in [-0.4, -0.2) is 18.7 Å². The Hall–Kier alpha value is -2.08. The van der Waals surface area contributed by atoms with Gasteiger partial charge in [0.1, 0.15) is 5.75 Å². The van der Waals surface area contributed by atoms with Crippen molar-refractivity contribution in [3.05, 3.63) is 74.7 Å². The van der Waals surface area contributed by atoms with Gasteiger partial charge in [0, 0.05) is 5.56 Å². The second-order valence-electron chi connectivity index (χ2n) is 5.32. The van der Waals surface area contributed by atoms with Crippen LogP contribution in [0, 0.1) is 0 Å². The van der Waals surface area contributed by atoms with Gasteiger partial charge in [0.2, 0.25) is 0 Å². The maximum atomic E-state index is 11.9. The van der Waals surface area contributed by atoms with Gasteiger partial charge in [-0.2, -0.15) is 5.10 Å². The highest BCUT2D eigenvalue weighted by molar-refractivity contribution is 9.10. The molecule has 1 amide bonds. The van der Waals surface area contributed by atoms with Crippen LogP contribution in [0.3, 0.4) is 0 Å². The van der Waals surface area contributed by atoms with Crippen LogP contribution in [0.2, 0.25) is 10.0 Å². The highest BCUT2D eigenvalue weighted by Gasteiger charge is 2.08. The molecule has 132 valence electrons. The number of benzene rings is 3. The smallest absolute Gasteiger partial charge is 0.277 e. The van der Waals surface area contributed by atoms with Gasteiger partial charge in [-0.05, 0) is 44.9 Å². The van der Waals surface area contributed by atoms with Gasteiger partial charge >= 0.3 is 0 Å². The number of hydrazone groups is 1. The van der Waals surface area contributed by atoms with Crippen LogP contribution in [-0.2, 0) is 4.79 Å². The molecule has 0 saturated carbocycles. The van der Waals surface area contributed by atoms with E-state index >= 15 is 0 Å². The largest absolute Gasteiger partial charge is 0.483 e. The lowest BCUT2D eigenvalue weighted by Gasteiger charge is -2.09. The summed E-state index contributed by atoms with van der Waals surface area (Å²) < 4.78 is 6.37. The lowest BCUT2D eigenvalue weighted by Crippen LogP contribution is -2.24. The Morgan fingerprint density at radius 2 is 1.81 bits per heavy atom. The molecule has 26 heavy (non-hydrogen) atoms. The van der Waals surface area contributed by atoms with E-state index in [1.807, 2.05) is 36.4 Å². The van der Waals surface area contributed by atoms with E-state index in [9.17, 15) is 4.79 Å². The zero-order valence-corrected chi connectivity index (χ0v) is 16.5. The first-order valence-electron chi connectivity index (χ1n) is 7.62. The quantitative estimate of drug-likeness (QED) is 0.414. The SMILES string of the molecule is O=C(COc1ccc2ccccc2c1Br)N/N=C\c1c(Cl)cccc1Cl. The Labute approximate surface area is 168 Å². The van der Waals surface area contributed by atoms with Crippen LogP contribution >= 0.6 is 39.1 Å². The molecule has 0 radical (unpaired) electrons. The van der Waals surface area contributed by atoms with E-state index in [0.29, 0.717) is 21.4 Å². The first-order chi connectivity index (χ1) is 12.6. The molecular weight excluding hydrogens is 439 g/mol.